The molecule has 2 rings (SSSR count). The lowest BCUT2D eigenvalue weighted by Crippen LogP contribution is -2.34. The molecule has 106 valence electrons. The summed E-state index contributed by atoms with van der Waals surface area (Å²) in [5, 5.41) is 5.38. The van der Waals surface area contributed by atoms with Gasteiger partial charge in [-0.1, -0.05) is 6.92 Å². The van der Waals surface area contributed by atoms with E-state index in [1.54, 1.807) is 6.92 Å². The minimum atomic E-state index is -0.504. The smallest absolute Gasteiger partial charge is 0.242 e. The number of aromatic nitrogens is 1. The largest absolute Gasteiger partial charge is 0.320 e. The van der Waals surface area contributed by atoms with Crippen LogP contribution in [0.3, 0.4) is 0 Å². The maximum atomic E-state index is 11.5. The topological polar surface area (TPSA) is 71.2 Å². The highest BCUT2D eigenvalue weighted by Crippen LogP contribution is 2.20. The van der Waals surface area contributed by atoms with Crippen molar-refractivity contribution in [3.63, 3.8) is 0 Å². The maximum Gasteiger partial charge on any atom is 0.242 e. The van der Waals surface area contributed by atoms with Crippen molar-refractivity contribution >= 4 is 22.4 Å². The van der Waals surface area contributed by atoms with Gasteiger partial charge in [-0.15, -0.1) is 11.3 Å². The SMILES string of the molecule is CC1CCCN(Cc2csc(NC(=O)[C@H](C)N)n2)C1. The minimum absolute atomic E-state index is 0.188. The number of nitrogens with zero attached hydrogens (tertiary/aromatic N) is 2. The molecule has 1 aliphatic rings. The van der Waals surface area contributed by atoms with Crippen molar-refractivity contribution in [1.29, 1.82) is 0 Å². The number of amides is 1. The van der Waals surface area contributed by atoms with Crippen molar-refractivity contribution in [2.75, 3.05) is 18.4 Å². The fourth-order valence-electron chi connectivity index (χ4n) is 2.32. The molecule has 6 heteroatoms. The summed E-state index contributed by atoms with van der Waals surface area (Å²) in [5.41, 5.74) is 6.54. The Morgan fingerprint density at radius 2 is 2.53 bits per heavy atom. The highest BCUT2D eigenvalue weighted by atomic mass is 32.1. The van der Waals surface area contributed by atoms with Crippen molar-refractivity contribution in [3.8, 4) is 0 Å². The van der Waals surface area contributed by atoms with Crippen molar-refractivity contribution in [2.45, 2.75) is 39.3 Å². The van der Waals surface area contributed by atoms with Gasteiger partial charge in [-0.05, 0) is 32.2 Å². The molecule has 1 aromatic rings. The minimum Gasteiger partial charge on any atom is -0.320 e. The molecule has 1 amide bonds. The standard InChI is InChI=1S/C13H22N4OS/c1-9-4-3-5-17(6-9)7-11-8-19-13(15-11)16-12(18)10(2)14/h8-10H,3-7,14H2,1-2H3,(H,15,16,18)/t9?,10-/m0/s1. The predicted octanol–water partition coefficient (Wildman–Crippen LogP) is 1.66. The number of nitrogens with one attached hydrogen (secondary N) is 1. The van der Waals surface area contributed by atoms with Gasteiger partial charge in [-0.3, -0.25) is 9.69 Å². The number of hydrogen-bond donors (Lipinski definition) is 2. The van der Waals surface area contributed by atoms with E-state index in [2.05, 4.69) is 22.1 Å². The molecule has 1 unspecified atom stereocenters. The van der Waals surface area contributed by atoms with Crippen LogP contribution in [0, 0.1) is 5.92 Å². The van der Waals surface area contributed by atoms with E-state index in [0.717, 1.165) is 31.2 Å². The lowest BCUT2D eigenvalue weighted by Gasteiger charge is -2.30. The molecule has 1 aliphatic heterocycles. The first-order valence-corrected chi connectivity index (χ1v) is 7.65. The van der Waals surface area contributed by atoms with E-state index in [-0.39, 0.29) is 5.91 Å². The normalized spacial score (nSPS) is 22.2. The van der Waals surface area contributed by atoms with Gasteiger partial charge >= 0.3 is 0 Å². The van der Waals surface area contributed by atoms with Crippen LogP contribution in [0.4, 0.5) is 5.13 Å². The molecule has 0 saturated carbocycles. The van der Waals surface area contributed by atoms with Crippen LogP contribution >= 0.6 is 11.3 Å². The molecule has 2 atom stereocenters. The molecule has 0 spiro atoms. The average Bonchev–Trinajstić information content (AvgIpc) is 2.76. The zero-order valence-corrected chi connectivity index (χ0v) is 12.4. The van der Waals surface area contributed by atoms with Gasteiger partial charge in [0.15, 0.2) is 5.13 Å². The van der Waals surface area contributed by atoms with Gasteiger partial charge in [0, 0.05) is 18.5 Å². The predicted molar refractivity (Wildman–Crippen MR) is 78.1 cm³/mol. The molecule has 3 N–H and O–H groups in total. The Labute approximate surface area is 118 Å². The first kappa shape index (κ1) is 14.4. The van der Waals surface area contributed by atoms with Crippen LogP contribution in [0.25, 0.3) is 0 Å². The van der Waals surface area contributed by atoms with Gasteiger partial charge in [-0.2, -0.15) is 0 Å². The van der Waals surface area contributed by atoms with E-state index in [0.29, 0.717) is 5.13 Å². The van der Waals surface area contributed by atoms with Gasteiger partial charge in [0.05, 0.1) is 11.7 Å². The third-order valence-electron chi connectivity index (χ3n) is 3.32. The van der Waals surface area contributed by atoms with Crippen LogP contribution in [0.2, 0.25) is 0 Å². The average molecular weight is 282 g/mol. The van der Waals surface area contributed by atoms with E-state index < -0.39 is 6.04 Å². The summed E-state index contributed by atoms with van der Waals surface area (Å²) in [6.07, 6.45) is 2.59. The lowest BCUT2D eigenvalue weighted by molar-refractivity contribution is -0.117. The molecule has 2 heterocycles. The second-order valence-corrected chi connectivity index (χ2v) is 6.26. The molecule has 0 aliphatic carbocycles. The molecule has 5 nitrogen and oxygen atoms in total. The summed E-state index contributed by atoms with van der Waals surface area (Å²) in [4.78, 5) is 18.3. The monoisotopic (exact) mass is 282 g/mol. The number of nitrogens with two attached hydrogens (primary N) is 1. The van der Waals surface area contributed by atoms with Crippen molar-refractivity contribution < 1.29 is 4.79 Å². The second-order valence-electron chi connectivity index (χ2n) is 5.40. The number of rotatable bonds is 4. The number of piperidine rings is 1. The number of hydrogen-bond acceptors (Lipinski definition) is 5. The summed E-state index contributed by atoms with van der Waals surface area (Å²) < 4.78 is 0. The number of thiazole rings is 1. The summed E-state index contributed by atoms with van der Waals surface area (Å²) in [5.74, 6) is 0.581. The number of anilines is 1. The fraction of sp³-hybridized carbons (Fsp3) is 0.692. The highest BCUT2D eigenvalue weighted by Gasteiger charge is 2.17. The van der Waals surface area contributed by atoms with Crippen LogP contribution in [-0.2, 0) is 11.3 Å². The van der Waals surface area contributed by atoms with Crippen molar-refractivity contribution in [1.82, 2.24) is 9.88 Å². The van der Waals surface area contributed by atoms with E-state index in [9.17, 15) is 4.79 Å². The van der Waals surface area contributed by atoms with Gasteiger partial charge in [-0.25, -0.2) is 4.98 Å². The Balaban J connectivity index is 1.88. The van der Waals surface area contributed by atoms with Crippen LogP contribution < -0.4 is 11.1 Å². The molecule has 1 fully saturated rings. The van der Waals surface area contributed by atoms with E-state index in [4.69, 9.17) is 5.73 Å². The molecule has 0 bridgehead atoms. The molecule has 0 radical (unpaired) electrons. The summed E-state index contributed by atoms with van der Waals surface area (Å²) >= 11 is 1.46. The van der Waals surface area contributed by atoms with Gasteiger partial charge in [0.2, 0.25) is 5.91 Å². The van der Waals surface area contributed by atoms with Crippen LogP contribution in [0.1, 0.15) is 32.4 Å². The fourth-order valence-corrected chi connectivity index (χ4v) is 3.02. The van der Waals surface area contributed by atoms with Gasteiger partial charge in [0.1, 0.15) is 0 Å². The number of likely N-dealkylation sites (tertiary alicyclic amines) is 1. The third kappa shape index (κ3) is 4.26. The third-order valence-corrected chi connectivity index (χ3v) is 4.13. The zero-order valence-electron chi connectivity index (χ0n) is 11.6. The Kier molecular flexibility index (Phi) is 4.90. The maximum absolute atomic E-state index is 11.5. The Hall–Kier alpha value is -0.980. The van der Waals surface area contributed by atoms with Crippen LogP contribution in [-0.4, -0.2) is 34.9 Å². The Morgan fingerprint density at radius 3 is 3.21 bits per heavy atom. The first-order valence-electron chi connectivity index (χ1n) is 6.78. The van der Waals surface area contributed by atoms with Gasteiger partial charge < -0.3 is 11.1 Å². The summed E-state index contributed by atoms with van der Waals surface area (Å²) in [6, 6.07) is -0.504. The molecule has 1 aromatic heterocycles. The Morgan fingerprint density at radius 1 is 1.74 bits per heavy atom. The van der Waals surface area contributed by atoms with Crippen molar-refractivity contribution in [3.05, 3.63) is 11.1 Å². The Bertz CT molecular complexity index is 432. The van der Waals surface area contributed by atoms with Crippen molar-refractivity contribution in [2.24, 2.45) is 11.7 Å². The van der Waals surface area contributed by atoms with E-state index in [1.165, 1.54) is 24.2 Å². The van der Waals surface area contributed by atoms with E-state index in [1.807, 2.05) is 5.38 Å². The van der Waals surface area contributed by atoms with Gasteiger partial charge in [0.25, 0.3) is 0 Å². The summed E-state index contributed by atoms with van der Waals surface area (Å²) in [7, 11) is 0. The molecular formula is C13H22N4OS. The molecule has 19 heavy (non-hydrogen) atoms. The van der Waals surface area contributed by atoms with E-state index >= 15 is 0 Å². The van der Waals surface area contributed by atoms with Crippen LogP contribution in [0.5, 0.6) is 0 Å². The zero-order chi connectivity index (χ0) is 13.8. The number of carbonyl (C=O) groups excluding carboxylic acids is 1. The lowest BCUT2D eigenvalue weighted by atomic mass is 10.0. The summed E-state index contributed by atoms with van der Waals surface area (Å²) in [6.45, 7) is 7.11. The number of carbonyl (C=O) groups is 1. The highest BCUT2D eigenvalue weighted by molar-refractivity contribution is 7.13. The molecule has 0 aromatic carbocycles. The quantitative estimate of drug-likeness (QED) is 0.881. The first-order chi connectivity index (χ1) is 9.04. The second kappa shape index (κ2) is 6.45. The molecular weight excluding hydrogens is 260 g/mol. The van der Waals surface area contributed by atoms with Crippen LogP contribution in [0.15, 0.2) is 5.38 Å². The molecule has 1 saturated heterocycles.